The molecule has 0 unspecified atom stereocenters. The van der Waals surface area contributed by atoms with Gasteiger partial charge < -0.3 is 14.8 Å². The highest BCUT2D eigenvalue weighted by Gasteiger charge is 2.13. The van der Waals surface area contributed by atoms with Gasteiger partial charge in [0.25, 0.3) is 11.5 Å². The summed E-state index contributed by atoms with van der Waals surface area (Å²) in [6.07, 6.45) is 2.81. The number of nitrogens with zero attached hydrogens (tertiary/aromatic N) is 3. The van der Waals surface area contributed by atoms with Crippen LogP contribution in [0.3, 0.4) is 0 Å². The highest BCUT2D eigenvalue weighted by atomic mass is 32.1. The molecule has 2 aromatic carbocycles. The molecule has 2 heterocycles. The van der Waals surface area contributed by atoms with Crippen molar-refractivity contribution >= 4 is 33.9 Å². The quantitative estimate of drug-likeness (QED) is 0.350. The van der Waals surface area contributed by atoms with Crippen molar-refractivity contribution in [1.29, 1.82) is 0 Å². The molecule has 180 valence electrons. The molecule has 0 saturated heterocycles. The fourth-order valence-electron chi connectivity index (χ4n) is 3.31. The standard InChI is InChI=1S/C25H24N4O5S/c1-3-4-11-21-28-29-22(30)14-19(27-25(29)35-21)15-34-24(32)17-8-5-9-18(12-17)26-23(31)16-7-6-10-20(13-16)33-2/h5-10,12-14H,3-4,11,15H2,1-2H3,(H,26,31). The van der Waals surface area contributed by atoms with Crippen LogP contribution in [-0.4, -0.2) is 33.6 Å². The molecule has 0 saturated carbocycles. The summed E-state index contributed by atoms with van der Waals surface area (Å²) < 4.78 is 11.8. The molecule has 4 rings (SSSR count). The van der Waals surface area contributed by atoms with Crippen LogP contribution in [0.4, 0.5) is 5.69 Å². The normalized spacial score (nSPS) is 10.8. The second-order valence-corrected chi connectivity index (χ2v) is 8.76. The van der Waals surface area contributed by atoms with Gasteiger partial charge in [-0.15, -0.1) is 0 Å². The molecule has 1 amide bonds. The van der Waals surface area contributed by atoms with Crippen LogP contribution in [0.1, 0.15) is 51.2 Å². The fraction of sp³-hybridized carbons (Fsp3) is 0.240. The number of rotatable bonds is 9. The maximum absolute atomic E-state index is 12.6. The number of hydrogen-bond acceptors (Lipinski definition) is 8. The summed E-state index contributed by atoms with van der Waals surface area (Å²) in [7, 11) is 1.53. The van der Waals surface area contributed by atoms with E-state index in [0.717, 1.165) is 24.3 Å². The van der Waals surface area contributed by atoms with Crippen LogP contribution >= 0.6 is 11.3 Å². The third kappa shape index (κ3) is 5.90. The van der Waals surface area contributed by atoms with Crippen LogP contribution in [-0.2, 0) is 17.8 Å². The van der Waals surface area contributed by atoms with Crippen LogP contribution in [0.25, 0.3) is 4.96 Å². The first kappa shape index (κ1) is 24.1. The molecule has 35 heavy (non-hydrogen) atoms. The first-order valence-electron chi connectivity index (χ1n) is 11.1. The number of carbonyl (C=O) groups excluding carboxylic acids is 2. The molecule has 10 heteroatoms. The van der Waals surface area contributed by atoms with Gasteiger partial charge in [-0.05, 0) is 42.8 Å². The van der Waals surface area contributed by atoms with E-state index in [4.69, 9.17) is 9.47 Å². The van der Waals surface area contributed by atoms with Gasteiger partial charge in [0.2, 0.25) is 4.96 Å². The SMILES string of the molecule is CCCCc1nn2c(=O)cc(COC(=O)c3cccc(NC(=O)c4cccc(OC)c4)c3)nc2s1. The number of nitrogens with one attached hydrogen (secondary N) is 1. The summed E-state index contributed by atoms with van der Waals surface area (Å²) in [5.74, 6) is -0.371. The Hall–Kier alpha value is -4.05. The number of fused-ring (bicyclic) bond motifs is 1. The molecule has 0 aliphatic rings. The Bertz CT molecular complexity index is 1430. The summed E-state index contributed by atoms with van der Waals surface area (Å²) >= 11 is 1.36. The van der Waals surface area contributed by atoms with E-state index in [-0.39, 0.29) is 23.6 Å². The lowest BCUT2D eigenvalue weighted by Crippen LogP contribution is -2.17. The van der Waals surface area contributed by atoms with Crippen LogP contribution in [0.2, 0.25) is 0 Å². The number of ether oxygens (including phenoxy) is 2. The molecule has 4 aromatic rings. The summed E-state index contributed by atoms with van der Waals surface area (Å²) in [5.41, 5.74) is 1.14. The first-order chi connectivity index (χ1) is 17.0. The van der Waals surface area contributed by atoms with Crippen LogP contribution < -0.4 is 15.6 Å². The minimum atomic E-state index is -0.600. The third-order valence-corrected chi connectivity index (χ3v) is 6.09. The molecule has 0 aliphatic carbocycles. The number of hydrogen-bond donors (Lipinski definition) is 1. The number of carbonyl (C=O) groups is 2. The lowest BCUT2D eigenvalue weighted by atomic mass is 10.1. The van der Waals surface area contributed by atoms with E-state index in [0.29, 0.717) is 27.7 Å². The maximum atomic E-state index is 12.6. The van der Waals surface area contributed by atoms with E-state index < -0.39 is 5.97 Å². The predicted molar refractivity (Wildman–Crippen MR) is 132 cm³/mol. The van der Waals surface area contributed by atoms with Gasteiger partial charge in [0, 0.05) is 23.7 Å². The number of benzene rings is 2. The van der Waals surface area contributed by atoms with Crippen molar-refractivity contribution in [2.45, 2.75) is 32.8 Å². The van der Waals surface area contributed by atoms with Crippen LogP contribution in [0.5, 0.6) is 5.75 Å². The van der Waals surface area contributed by atoms with Gasteiger partial charge in [-0.25, -0.2) is 9.78 Å². The zero-order valence-electron chi connectivity index (χ0n) is 19.3. The number of aryl methyl sites for hydroxylation is 1. The second-order valence-electron chi connectivity index (χ2n) is 7.72. The molecule has 0 radical (unpaired) electrons. The molecular formula is C25H24N4O5S. The van der Waals surface area contributed by atoms with Crippen molar-refractivity contribution in [3.05, 3.63) is 86.8 Å². The lowest BCUT2D eigenvalue weighted by Gasteiger charge is -2.09. The molecule has 0 bridgehead atoms. The van der Waals surface area contributed by atoms with Gasteiger partial charge in [-0.1, -0.05) is 36.8 Å². The Morgan fingerprint density at radius 3 is 2.69 bits per heavy atom. The Labute approximate surface area is 205 Å². The topological polar surface area (TPSA) is 112 Å². The molecule has 2 aromatic heterocycles. The molecule has 0 aliphatic heterocycles. The lowest BCUT2D eigenvalue weighted by molar-refractivity contribution is 0.0467. The molecular weight excluding hydrogens is 468 g/mol. The molecule has 0 spiro atoms. The van der Waals surface area contributed by atoms with E-state index in [9.17, 15) is 14.4 Å². The van der Waals surface area contributed by atoms with Gasteiger partial charge in [-0.3, -0.25) is 9.59 Å². The minimum Gasteiger partial charge on any atom is -0.497 e. The van der Waals surface area contributed by atoms with Gasteiger partial charge in [0.05, 0.1) is 18.4 Å². The van der Waals surface area contributed by atoms with Crippen LogP contribution in [0.15, 0.2) is 59.4 Å². The number of aromatic nitrogens is 3. The van der Waals surface area contributed by atoms with Crippen molar-refractivity contribution in [2.75, 3.05) is 12.4 Å². The first-order valence-corrected chi connectivity index (χ1v) is 11.9. The Balaban J connectivity index is 1.42. The van der Waals surface area contributed by atoms with Crippen molar-refractivity contribution in [2.24, 2.45) is 0 Å². The van der Waals surface area contributed by atoms with Crippen molar-refractivity contribution in [1.82, 2.24) is 14.6 Å². The van der Waals surface area contributed by atoms with Crippen molar-refractivity contribution < 1.29 is 19.1 Å². The van der Waals surface area contributed by atoms with E-state index in [1.54, 1.807) is 42.5 Å². The fourth-order valence-corrected chi connectivity index (χ4v) is 4.27. The zero-order valence-corrected chi connectivity index (χ0v) is 20.1. The number of unbranched alkanes of at least 4 members (excludes halogenated alkanes) is 1. The Morgan fingerprint density at radius 2 is 1.89 bits per heavy atom. The largest absolute Gasteiger partial charge is 0.497 e. The van der Waals surface area contributed by atoms with Gasteiger partial charge >= 0.3 is 5.97 Å². The van der Waals surface area contributed by atoms with Gasteiger partial charge in [-0.2, -0.15) is 9.61 Å². The Morgan fingerprint density at radius 1 is 1.09 bits per heavy atom. The van der Waals surface area contributed by atoms with Gasteiger partial charge in [0.1, 0.15) is 17.4 Å². The minimum absolute atomic E-state index is 0.160. The third-order valence-electron chi connectivity index (χ3n) is 5.12. The number of methoxy groups -OCH3 is 1. The van der Waals surface area contributed by atoms with E-state index >= 15 is 0 Å². The monoisotopic (exact) mass is 492 g/mol. The number of esters is 1. The summed E-state index contributed by atoms with van der Waals surface area (Å²) in [6, 6.07) is 14.5. The molecule has 9 nitrogen and oxygen atoms in total. The predicted octanol–water partition coefficient (Wildman–Crippen LogP) is 4.11. The molecule has 1 N–H and O–H groups in total. The van der Waals surface area contributed by atoms with Crippen molar-refractivity contribution in [3.63, 3.8) is 0 Å². The molecule has 0 atom stereocenters. The Kier molecular flexibility index (Phi) is 7.51. The highest BCUT2D eigenvalue weighted by molar-refractivity contribution is 7.16. The van der Waals surface area contributed by atoms with Gasteiger partial charge in [0.15, 0.2) is 0 Å². The maximum Gasteiger partial charge on any atom is 0.338 e. The highest BCUT2D eigenvalue weighted by Crippen LogP contribution is 2.17. The summed E-state index contributed by atoms with van der Waals surface area (Å²) in [6.45, 7) is 1.93. The van der Waals surface area contributed by atoms with E-state index in [2.05, 4.69) is 22.3 Å². The number of amides is 1. The summed E-state index contributed by atoms with van der Waals surface area (Å²) in [4.78, 5) is 42.4. The smallest absolute Gasteiger partial charge is 0.338 e. The summed E-state index contributed by atoms with van der Waals surface area (Å²) in [5, 5.41) is 7.91. The van der Waals surface area contributed by atoms with E-state index in [1.165, 1.54) is 35.1 Å². The van der Waals surface area contributed by atoms with Crippen LogP contribution in [0, 0.1) is 0 Å². The second kappa shape index (κ2) is 10.9. The molecule has 0 fully saturated rings. The van der Waals surface area contributed by atoms with E-state index in [1.807, 2.05) is 0 Å². The number of anilines is 1. The average Bonchev–Trinajstić information content (AvgIpc) is 3.29. The van der Waals surface area contributed by atoms with Crippen molar-refractivity contribution in [3.8, 4) is 5.75 Å². The average molecular weight is 493 g/mol. The zero-order chi connectivity index (χ0) is 24.8.